The van der Waals surface area contributed by atoms with E-state index in [1.54, 1.807) is 12.1 Å². The third-order valence-corrected chi connectivity index (χ3v) is 3.86. The summed E-state index contributed by atoms with van der Waals surface area (Å²) >= 11 is 0. The van der Waals surface area contributed by atoms with Crippen molar-refractivity contribution in [2.75, 3.05) is 20.3 Å². The molecule has 1 aromatic carbocycles. The fourth-order valence-electron chi connectivity index (χ4n) is 2.79. The second-order valence-corrected chi connectivity index (χ2v) is 5.09. The molecule has 1 aliphatic rings. The first kappa shape index (κ1) is 14.3. The number of benzene rings is 1. The van der Waals surface area contributed by atoms with Crippen LogP contribution < -0.4 is 4.74 Å². The summed E-state index contributed by atoms with van der Waals surface area (Å²) in [6.45, 7) is 1.28. The summed E-state index contributed by atoms with van der Waals surface area (Å²) in [5.41, 5.74) is 0.668. The molecule has 1 fully saturated rings. The van der Waals surface area contributed by atoms with Gasteiger partial charge in [-0.2, -0.15) is 0 Å². The molecule has 0 bridgehead atoms. The first-order chi connectivity index (χ1) is 9.24. The van der Waals surface area contributed by atoms with Gasteiger partial charge in [-0.1, -0.05) is 18.9 Å². The zero-order chi connectivity index (χ0) is 13.7. The van der Waals surface area contributed by atoms with E-state index >= 15 is 0 Å². The number of halogens is 1. The van der Waals surface area contributed by atoms with Gasteiger partial charge in [-0.25, -0.2) is 4.39 Å². The van der Waals surface area contributed by atoms with Crippen molar-refractivity contribution in [1.82, 2.24) is 4.90 Å². The highest BCUT2D eigenvalue weighted by Crippen LogP contribution is 2.26. The summed E-state index contributed by atoms with van der Waals surface area (Å²) in [7, 11) is 1.53. The van der Waals surface area contributed by atoms with Crippen LogP contribution in [0.25, 0.3) is 0 Å². The summed E-state index contributed by atoms with van der Waals surface area (Å²) in [6, 6.07) is 5.45. The van der Waals surface area contributed by atoms with Crippen molar-refractivity contribution in [1.29, 1.82) is 0 Å². The molecule has 1 aliphatic carbocycles. The van der Waals surface area contributed by atoms with E-state index in [2.05, 4.69) is 4.90 Å². The standard InChI is InChI=1S/C15H22FNO2/c1-19-14-7-6-12(15(16)10-14)11-17(8-9-18)13-4-2-3-5-13/h6-7,10,13,18H,2-5,8-9,11H2,1H3. The molecule has 106 valence electrons. The highest BCUT2D eigenvalue weighted by Gasteiger charge is 2.23. The maximum absolute atomic E-state index is 14.0. The third-order valence-electron chi connectivity index (χ3n) is 3.86. The lowest BCUT2D eigenvalue weighted by molar-refractivity contribution is 0.143. The van der Waals surface area contributed by atoms with Crippen molar-refractivity contribution in [2.45, 2.75) is 38.3 Å². The molecule has 0 saturated heterocycles. The molecule has 0 atom stereocenters. The highest BCUT2D eigenvalue weighted by molar-refractivity contribution is 5.28. The first-order valence-electron chi connectivity index (χ1n) is 6.92. The smallest absolute Gasteiger partial charge is 0.131 e. The van der Waals surface area contributed by atoms with Gasteiger partial charge in [0.25, 0.3) is 0 Å². The predicted octanol–water partition coefficient (Wildman–Crippen LogP) is 2.57. The number of hydrogen-bond acceptors (Lipinski definition) is 3. The van der Waals surface area contributed by atoms with Crippen molar-refractivity contribution in [3.05, 3.63) is 29.6 Å². The minimum atomic E-state index is -0.236. The molecule has 1 saturated carbocycles. The van der Waals surface area contributed by atoms with Crippen molar-refractivity contribution < 1.29 is 14.2 Å². The van der Waals surface area contributed by atoms with Gasteiger partial charge in [0.15, 0.2) is 0 Å². The van der Waals surface area contributed by atoms with Gasteiger partial charge in [0.1, 0.15) is 11.6 Å². The molecule has 0 spiro atoms. The van der Waals surface area contributed by atoms with E-state index in [4.69, 9.17) is 4.74 Å². The first-order valence-corrected chi connectivity index (χ1v) is 6.92. The Morgan fingerprint density at radius 2 is 2.11 bits per heavy atom. The van der Waals surface area contributed by atoms with Crippen molar-refractivity contribution in [3.63, 3.8) is 0 Å². The van der Waals surface area contributed by atoms with E-state index in [-0.39, 0.29) is 12.4 Å². The molecule has 0 amide bonds. The van der Waals surface area contributed by atoms with Crippen molar-refractivity contribution in [3.8, 4) is 5.75 Å². The molecule has 0 aromatic heterocycles. The van der Waals surface area contributed by atoms with Crippen molar-refractivity contribution >= 4 is 0 Å². The molecule has 0 heterocycles. The van der Waals surface area contributed by atoms with E-state index < -0.39 is 0 Å². The van der Waals surface area contributed by atoms with E-state index in [0.717, 1.165) is 12.8 Å². The Hall–Kier alpha value is -1.13. The minimum absolute atomic E-state index is 0.119. The van der Waals surface area contributed by atoms with E-state index in [9.17, 15) is 9.50 Å². The van der Waals surface area contributed by atoms with Crippen LogP contribution in [0, 0.1) is 5.82 Å². The zero-order valence-electron chi connectivity index (χ0n) is 11.4. The number of nitrogens with zero attached hydrogens (tertiary/aromatic N) is 1. The Morgan fingerprint density at radius 1 is 1.37 bits per heavy atom. The molecule has 0 aliphatic heterocycles. The molecular formula is C15H22FNO2. The normalized spacial score (nSPS) is 16.2. The number of hydrogen-bond donors (Lipinski definition) is 1. The van der Waals surface area contributed by atoms with Crippen LogP contribution in [-0.2, 0) is 6.54 Å². The fraction of sp³-hybridized carbons (Fsp3) is 0.600. The molecule has 4 heteroatoms. The second kappa shape index (κ2) is 6.87. The van der Waals surface area contributed by atoms with Gasteiger partial charge in [0, 0.05) is 30.8 Å². The predicted molar refractivity (Wildman–Crippen MR) is 72.7 cm³/mol. The van der Waals surface area contributed by atoms with Crippen molar-refractivity contribution in [2.24, 2.45) is 0 Å². The second-order valence-electron chi connectivity index (χ2n) is 5.09. The average molecular weight is 267 g/mol. The number of ether oxygens (including phenoxy) is 1. The number of aliphatic hydroxyl groups is 1. The summed E-state index contributed by atoms with van der Waals surface area (Å²) in [6.07, 6.45) is 4.77. The lowest BCUT2D eigenvalue weighted by Gasteiger charge is -2.28. The van der Waals surface area contributed by atoms with Gasteiger partial charge in [-0.15, -0.1) is 0 Å². The number of aliphatic hydroxyl groups excluding tert-OH is 1. The molecule has 3 nitrogen and oxygen atoms in total. The maximum Gasteiger partial charge on any atom is 0.131 e. The van der Waals surface area contributed by atoms with E-state index in [1.807, 2.05) is 0 Å². The van der Waals surface area contributed by atoms with Crippen LogP contribution in [0.4, 0.5) is 4.39 Å². The van der Waals surface area contributed by atoms with Gasteiger partial charge < -0.3 is 9.84 Å². The van der Waals surface area contributed by atoms with Crippen LogP contribution in [0.3, 0.4) is 0 Å². The molecule has 19 heavy (non-hydrogen) atoms. The SMILES string of the molecule is COc1ccc(CN(CCO)C2CCCC2)c(F)c1. The Kier molecular flexibility index (Phi) is 5.16. The topological polar surface area (TPSA) is 32.7 Å². The Balaban J connectivity index is 2.07. The molecule has 0 unspecified atom stereocenters. The Morgan fingerprint density at radius 3 is 2.68 bits per heavy atom. The van der Waals surface area contributed by atoms with E-state index in [0.29, 0.717) is 30.4 Å². The summed E-state index contributed by atoms with van der Waals surface area (Å²) in [5, 5.41) is 9.17. The van der Waals surface area contributed by atoms with E-state index in [1.165, 1.54) is 26.0 Å². The van der Waals surface area contributed by atoms with Gasteiger partial charge in [-0.05, 0) is 18.9 Å². The third kappa shape index (κ3) is 3.67. The van der Waals surface area contributed by atoms with Crippen LogP contribution in [-0.4, -0.2) is 36.3 Å². The fourth-order valence-corrected chi connectivity index (χ4v) is 2.79. The average Bonchev–Trinajstić information content (AvgIpc) is 2.94. The maximum atomic E-state index is 14.0. The molecule has 0 radical (unpaired) electrons. The Labute approximate surface area is 114 Å². The van der Waals surface area contributed by atoms with Crippen LogP contribution in [0.1, 0.15) is 31.2 Å². The summed E-state index contributed by atoms with van der Waals surface area (Å²) < 4.78 is 19.0. The molecular weight excluding hydrogens is 245 g/mol. The minimum Gasteiger partial charge on any atom is -0.497 e. The van der Waals surface area contributed by atoms with Gasteiger partial charge in [0.05, 0.1) is 13.7 Å². The number of rotatable bonds is 6. The van der Waals surface area contributed by atoms with Crippen LogP contribution in [0.2, 0.25) is 0 Å². The van der Waals surface area contributed by atoms with Crippen LogP contribution >= 0.6 is 0 Å². The van der Waals surface area contributed by atoms with Gasteiger partial charge in [-0.3, -0.25) is 4.90 Å². The quantitative estimate of drug-likeness (QED) is 0.860. The Bertz CT molecular complexity index is 405. The molecule has 2 rings (SSSR count). The van der Waals surface area contributed by atoms with Gasteiger partial charge in [0.2, 0.25) is 0 Å². The van der Waals surface area contributed by atoms with Crippen LogP contribution in [0.15, 0.2) is 18.2 Å². The zero-order valence-corrected chi connectivity index (χ0v) is 11.4. The summed E-state index contributed by atoms with van der Waals surface area (Å²) in [4.78, 5) is 2.19. The largest absolute Gasteiger partial charge is 0.497 e. The monoisotopic (exact) mass is 267 g/mol. The van der Waals surface area contributed by atoms with Gasteiger partial charge >= 0.3 is 0 Å². The lowest BCUT2D eigenvalue weighted by atomic mass is 10.1. The lowest BCUT2D eigenvalue weighted by Crippen LogP contribution is -2.35. The number of methoxy groups -OCH3 is 1. The molecule has 1 aromatic rings. The van der Waals surface area contributed by atoms with Crippen LogP contribution in [0.5, 0.6) is 5.75 Å². The highest BCUT2D eigenvalue weighted by atomic mass is 19.1. The molecule has 1 N–H and O–H groups in total. The summed E-state index contributed by atoms with van der Waals surface area (Å²) in [5.74, 6) is 0.302.